The van der Waals surface area contributed by atoms with Crippen molar-refractivity contribution in [1.82, 2.24) is 0 Å². The van der Waals surface area contributed by atoms with Crippen molar-refractivity contribution < 1.29 is 9.50 Å². The van der Waals surface area contributed by atoms with Crippen LogP contribution in [0.1, 0.15) is 29.7 Å². The summed E-state index contributed by atoms with van der Waals surface area (Å²) < 4.78 is 13.6. The van der Waals surface area contributed by atoms with Gasteiger partial charge in [0.15, 0.2) is 0 Å². The molecule has 1 aromatic heterocycles. The summed E-state index contributed by atoms with van der Waals surface area (Å²) in [5.41, 5.74) is 3.31. The Balaban J connectivity index is 2.34. The van der Waals surface area contributed by atoms with E-state index in [-0.39, 0.29) is 5.82 Å². The molecule has 0 unspecified atom stereocenters. The van der Waals surface area contributed by atoms with Crippen LogP contribution in [0.5, 0.6) is 0 Å². The zero-order valence-corrected chi connectivity index (χ0v) is 12.2. The maximum Gasteiger partial charge on any atom is 0.126 e. The van der Waals surface area contributed by atoms with E-state index in [0.717, 1.165) is 12.2 Å². The molecule has 2 rings (SSSR count). The van der Waals surface area contributed by atoms with Crippen molar-refractivity contribution in [2.24, 2.45) is 0 Å². The lowest BCUT2D eigenvalue weighted by molar-refractivity contribution is 0.199. The third-order valence-electron chi connectivity index (χ3n) is 3.17. The van der Waals surface area contributed by atoms with Crippen molar-refractivity contribution >= 4 is 17.0 Å². The van der Waals surface area contributed by atoms with Crippen molar-refractivity contribution in [2.45, 2.75) is 26.5 Å². The average molecular weight is 279 g/mol. The topological polar surface area (TPSA) is 23.5 Å². The first-order valence-electron chi connectivity index (χ1n) is 6.19. The summed E-state index contributed by atoms with van der Waals surface area (Å²) >= 11 is 1.66. The van der Waals surface area contributed by atoms with Gasteiger partial charge in [-0.3, -0.25) is 0 Å². The first-order valence-corrected chi connectivity index (χ1v) is 7.13. The van der Waals surface area contributed by atoms with Crippen LogP contribution in [0.15, 0.2) is 29.0 Å². The highest BCUT2D eigenvalue weighted by atomic mass is 32.1. The van der Waals surface area contributed by atoms with E-state index < -0.39 is 6.10 Å². The first-order chi connectivity index (χ1) is 8.99. The maximum absolute atomic E-state index is 13.6. The predicted molar refractivity (Wildman–Crippen MR) is 78.2 cm³/mol. The van der Waals surface area contributed by atoms with Crippen molar-refractivity contribution in [2.75, 3.05) is 11.9 Å². The van der Waals surface area contributed by atoms with Crippen LogP contribution in [0.4, 0.5) is 10.1 Å². The van der Waals surface area contributed by atoms with Crippen molar-refractivity contribution in [3.05, 3.63) is 51.5 Å². The molecule has 0 spiro atoms. The molecular formula is C15H18FNOS. The Bertz CT molecular complexity index is 552. The van der Waals surface area contributed by atoms with Gasteiger partial charge in [0.1, 0.15) is 5.82 Å². The van der Waals surface area contributed by atoms with Crippen molar-refractivity contribution in [3.63, 3.8) is 0 Å². The number of halogens is 1. The lowest BCUT2D eigenvalue weighted by Gasteiger charge is -2.24. The third kappa shape index (κ3) is 3.14. The SMILES string of the molecule is Cc1cc(N(C)Cc2ccsc2)c([C@@H](C)O)cc1F. The second kappa shape index (κ2) is 5.72. The van der Waals surface area contributed by atoms with Crippen molar-refractivity contribution in [1.29, 1.82) is 0 Å². The smallest absolute Gasteiger partial charge is 0.126 e. The number of nitrogens with zero attached hydrogens (tertiary/aromatic N) is 1. The highest BCUT2D eigenvalue weighted by molar-refractivity contribution is 7.07. The molecule has 102 valence electrons. The van der Waals surface area contributed by atoms with Gasteiger partial charge in [0.05, 0.1) is 6.10 Å². The molecule has 4 heteroatoms. The molecule has 0 amide bonds. The third-order valence-corrected chi connectivity index (χ3v) is 3.90. The average Bonchev–Trinajstić information content (AvgIpc) is 2.84. The molecule has 0 saturated heterocycles. The van der Waals surface area contributed by atoms with E-state index in [9.17, 15) is 9.50 Å². The fourth-order valence-corrected chi connectivity index (χ4v) is 2.75. The minimum atomic E-state index is -0.685. The second-order valence-corrected chi connectivity index (χ2v) is 5.60. The fourth-order valence-electron chi connectivity index (χ4n) is 2.09. The van der Waals surface area contributed by atoms with Gasteiger partial charge in [-0.2, -0.15) is 11.3 Å². The van der Waals surface area contributed by atoms with Crippen LogP contribution in [-0.4, -0.2) is 12.2 Å². The summed E-state index contributed by atoms with van der Waals surface area (Å²) in [6.45, 7) is 4.14. The zero-order valence-electron chi connectivity index (χ0n) is 11.4. The number of hydrogen-bond acceptors (Lipinski definition) is 3. The van der Waals surface area contributed by atoms with Gasteiger partial charge < -0.3 is 10.0 Å². The largest absolute Gasteiger partial charge is 0.389 e. The lowest BCUT2D eigenvalue weighted by Crippen LogP contribution is -2.18. The highest BCUT2D eigenvalue weighted by Crippen LogP contribution is 2.29. The normalized spacial score (nSPS) is 12.5. The molecule has 1 atom stereocenters. The van der Waals surface area contributed by atoms with Gasteiger partial charge >= 0.3 is 0 Å². The molecular weight excluding hydrogens is 261 g/mol. The second-order valence-electron chi connectivity index (χ2n) is 4.82. The molecule has 0 aliphatic carbocycles. The molecule has 0 aliphatic heterocycles. The number of anilines is 1. The molecule has 19 heavy (non-hydrogen) atoms. The summed E-state index contributed by atoms with van der Waals surface area (Å²) in [6.07, 6.45) is -0.685. The number of thiophene rings is 1. The molecule has 2 nitrogen and oxygen atoms in total. The van der Waals surface area contributed by atoms with Crippen LogP contribution in [0, 0.1) is 12.7 Å². The fraction of sp³-hybridized carbons (Fsp3) is 0.333. The molecule has 0 fully saturated rings. The zero-order chi connectivity index (χ0) is 14.0. The van der Waals surface area contributed by atoms with Crippen LogP contribution in [0.3, 0.4) is 0 Å². The molecule has 1 aromatic carbocycles. The Morgan fingerprint density at radius 2 is 2.16 bits per heavy atom. The quantitative estimate of drug-likeness (QED) is 0.918. The Hall–Kier alpha value is -1.39. The number of aliphatic hydroxyl groups excluding tert-OH is 1. The van der Waals surface area contributed by atoms with E-state index in [0.29, 0.717) is 11.1 Å². The van der Waals surface area contributed by atoms with Crippen LogP contribution >= 0.6 is 11.3 Å². The number of aryl methyl sites for hydroxylation is 1. The van der Waals surface area contributed by atoms with Crippen LogP contribution in [0.25, 0.3) is 0 Å². The van der Waals surface area contributed by atoms with Gasteiger partial charge in [-0.05, 0) is 53.9 Å². The molecule has 0 aliphatic rings. The van der Waals surface area contributed by atoms with E-state index in [1.165, 1.54) is 11.6 Å². The molecule has 0 radical (unpaired) electrons. The molecule has 1 N–H and O–H groups in total. The lowest BCUT2D eigenvalue weighted by atomic mass is 10.0. The summed E-state index contributed by atoms with van der Waals surface area (Å²) in [4.78, 5) is 2.04. The molecule has 1 heterocycles. The Morgan fingerprint density at radius 1 is 1.42 bits per heavy atom. The van der Waals surface area contributed by atoms with Gasteiger partial charge in [0, 0.05) is 24.8 Å². The maximum atomic E-state index is 13.6. The van der Waals surface area contributed by atoms with E-state index in [1.807, 2.05) is 17.3 Å². The van der Waals surface area contributed by atoms with E-state index in [2.05, 4.69) is 11.4 Å². The van der Waals surface area contributed by atoms with Crippen LogP contribution in [-0.2, 0) is 6.54 Å². The van der Waals surface area contributed by atoms with Gasteiger partial charge in [0.25, 0.3) is 0 Å². The van der Waals surface area contributed by atoms with Crippen molar-refractivity contribution in [3.8, 4) is 0 Å². The Kier molecular flexibility index (Phi) is 4.22. The number of aliphatic hydroxyl groups is 1. The van der Waals surface area contributed by atoms with E-state index >= 15 is 0 Å². The predicted octanol–water partition coefficient (Wildman–Crippen LogP) is 3.89. The summed E-state index contributed by atoms with van der Waals surface area (Å²) in [7, 11) is 1.95. The molecule has 0 saturated carbocycles. The summed E-state index contributed by atoms with van der Waals surface area (Å²) in [5.74, 6) is -0.274. The first kappa shape index (κ1) is 14.0. The van der Waals surface area contributed by atoms with Gasteiger partial charge in [-0.25, -0.2) is 4.39 Å². The minimum absolute atomic E-state index is 0.274. The summed E-state index contributed by atoms with van der Waals surface area (Å²) in [5, 5.41) is 13.9. The minimum Gasteiger partial charge on any atom is -0.389 e. The van der Waals surface area contributed by atoms with Gasteiger partial charge in [0.2, 0.25) is 0 Å². The highest BCUT2D eigenvalue weighted by Gasteiger charge is 2.15. The Labute approximate surface area is 117 Å². The van der Waals surface area contributed by atoms with Gasteiger partial charge in [-0.1, -0.05) is 0 Å². The number of hydrogen-bond donors (Lipinski definition) is 1. The standard InChI is InChI=1S/C15H18FNOS/c1-10-6-15(13(11(2)18)7-14(10)16)17(3)8-12-4-5-19-9-12/h4-7,9,11,18H,8H2,1-3H3/t11-/m1/s1. The number of benzene rings is 1. The monoisotopic (exact) mass is 279 g/mol. The van der Waals surface area contributed by atoms with E-state index in [4.69, 9.17) is 0 Å². The summed E-state index contributed by atoms with van der Waals surface area (Å²) in [6, 6.07) is 5.29. The van der Waals surface area contributed by atoms with E-state index in [1.54, 1.807) is 31.3 Å². The van der Waals surface area contributed by atoms with Gasteiger partial charge in [-0.15, -0.1) is 0 Å². The van der Waals surface area contributed by atoms with Crippen LogP contribution in [0.2, 0.25) is 0 Å². The van der Waals surface area contributed by atoms with Crippen LogP contribution < -0.4 is 4.90 Å². The molecule has 2 aromatic rings. The number of rotatable bonds is 4. The Morgan fingerprint density at radius 3 is 2.74 bits per heavy atom. The molecule has 0 bridgehead atoms.